The molecule has 1 aliphatic rings. The van der Waals surface area contributed by atoms with Gasteiger partial charge < -0.3 is 5.32 Å². The normalized spacial score (nSPS) is 16.3. The molecule has 1 aliphatic carbocycles. The van der Waals surface area contributed by atoms with Crippen molar-refractivity contribution >= 4 is 11.9 Å². The number of hydrogen-bond acceptors (Lipinski definition) is 2. The highest BCUT2D eigenvalue weighted by Crippen LogP contribution is 2.40. The maximum absolute atomic E-state index is 12.0. The van der Waals surface area contributed by atoms with Crippen LogP contribution in [0.5, 0.6) is 0 Å². The van der Waals surface area contributed by atoms with Crippen molar-refractivity contribution in [2.24, 2.45) is 0 Å². The lowest BCUT2D eigenvalue weighted by Gasteiger charge is -2.30. The van der Waals surface area contributed by atoms with Crippen molar-refractivity contribution in [1.82, 2.24) is 5.32 Å². The first kappa shape index (κ1) is 17.6. The summed E-state index contributed by atoms with van der Waals surface area (Å²) in [7, 11) is 0. The van der Waals surface area contributed by atoms with Crippen LogP contribution in [0.15, 0.2) is 66.7 Å². The van der Waals surface area contributed by atoms with Gasteiger partial charge in [-0.05, 0) is 30.0 Å². The molecule has 3 rings (SSSR count). The zero-order valence-corrected chi connectivity index (χ0v) is 14.8. The highest BCUT2D eigenvalue weighted by Gasteiger charge is 2.34. The zero-order valence-electron chi connectivity index (χ0n) is 14.8. The summed E-state index contributed by atoms with van der Waals surface area (Å²) in [5.74, 6) is 0.177. The molecule has 0 aliphatic heterocycles. The van der Waals surface area contributed by atoms with Gasteiger partial charge in [0.25, 0.3) is 0 Å². The van der Waals surface area contributed by atoms with E-state index in [1.165, 1.54) is 31.2 Å². The van der Waals surface area contributed by atoms with Crippen molar-refractivity contribution in [3.8, 4) is 0 Å². The van der Waals surface area contributed by atoms with E-state index >= 15 is 0 Å². The van der Waals surface area contributed by atoms with Crippen LogP contribution >= 0.6 is 0 Å². The lowest BCUT2D eigenvalue weighted by atomic mass is 9.79. The predicted octanol–water partition coefficient (Wildman–Crippen LogP) is 4.76. The van der Waals surface area contributed by atoms with Gasteiger partial charge >= 0.3 is 0 Å². The summed E-state index contributed by atoms with van der Waals surface area (Å²) in [6.07, 6.45) is 9.22. The van der Waals surface area contributed by atoms with Gasteiger partial charge in [0, 0.05) is 24.9 Å². The van der Waals surface area contributed by atoms with Gasteiger partial charge in [0.15, 0.2) is 5.78 Å². The van der Waals surface area contributed by atoms with E-state index in [1.807, 2.05) is 36.4 Å². The van der Waals surface area contributed by atoms with Crippen LogP contribution < -0.4 is 5.32 Å². The SMILES string of the molecule is O=C(C=Cc1ccccc1)CCNCC1(c2ccccc2)CCCC1. The molecule has 0 bridgehead atoms. The first-order chi connectivity index (χ1) is 12.3. The molecule has 0 saturated heterocycles. The Kier molecular flexibility index (Phi) is 6.19. The Balaban J connectivity index is 1.47. The van der Waals surface area contributed by atoms with Gasteiger partial charge in [0.1, 0.15) is 0 Å². The summed E-state index contributed by atoms with van der Waals surface area (Å²) in [5.41, 5.74) is 2.76. The Hall–Kier alpha value is -2.19. The summed E-state index contributed by atoms with van der Waals surface area (Å²) in [6, 6.07) is 20.8. The minimum Gasteiger partial charge on any atom is -0.315 e. The Morgan fingerprint density at radius 1 is 0.960 bits per heavy atom. The van der Waals surface area contributed by atoms with Gasteiger partial charge in [-0.3, -0.25) is 4.79 Å². The molecule has 1 N–H and O–H groups in total. The second-order valence-electron chi connectivity index (χ2n) is 6.99. The number of nitrogens with one attached hydrogen (secondary N) is 1. The second kappa shape index (κ2) is 8.77. The zero-order chi connectivity index (χ0) is 17.4. The monoisotopic (exact) mass is 333 g/mol. The van der Waals surface area contributed by atoms with Crippen LogP contribution in [0, 0.1) is 0 Å². The van der Waals surface area contributed by atoms with Crippen LogP contribution in [0.4, 0.5) is 0 Å². The maximum atomic E-state index is 12.0. The molecule has 2 nitrogen and oxygen atoms in total. The van der Waals surface area contributed by atoms with E-state index in [9.17, 15) is 4.79 Å². The van der Waals surface area contributed by atoms with Crippen LogP contribution in [0.3, 0.4) is 0 Å². The Morgan fingerprint density at radius 2 is 1.60 bits per heavy atom. The fraction of sp³-hybridized carbons (Fsp3) is 0.348. The molecule has 0 amide bonds. The third kappa shape index (κ3) is 4.90. The topological polar surface area (TPSA) is 29.1 Å². The van der Waals surface area contributed by atoms with E-state index in [0.717, 1.165) is 18.7 Å². The first-order valence-corrected chi connectivity index (χ1v) is 9.31. The standard InChI is InChI=1S/C23H27NO/c25-22(14-13-20-9-3-1-4-10-20)15-18-24-19-23(16-7-8-17-23)21-11-5-2-6-12-21/h1-6,9-14,24H,7-8,15-19H2. The summed E-state index contributed by atoms with van der Waals surface area (Å²) >= 11 is 0. The molecule has 130 valence electrons. The molecule has 0 atom stereocenters. The molecular formula is C23H27NO. The number of carbonyl (C=O) groups excluding carboxylic acids is 1. The van der Waals surface area contributed by atoms with Crippen molar-refractivity contribution in [3.63, 3.8) is 0 Å². The fourth-order valence-electron chi connectivity index (χ4n) is 3.79. The van der Waals surface area contributed by atoms with E-state index in [4.69, 9.17) is 0 Å². The van der Waals surface area contributed by atoms with Gasteiger partial charge in [-0.2, -0.15) is 0 Å². The fourth-order valence-corrected chi connectivity index (χ4v) is 3.79. The second-order valence-corrected chi connectivity index (χ2v) is 6.99. The van der Waals surface area contributed by atoms with Gasteiger partial charge in [-0.1, -0.05) is 79.6 Å². The summed E-state index contributed by atoms with van der Waals surface area (Å²) < 4.78 is 0. The predicted molar refractivity (Wildman–Crippen MR) is 105 cm³/mol. The molecule has 0 spiro atoms. The molecule has 1 fully saturated rings. The third-order valence-corrected chi connectivity index (χ3v) is 5.22. The number of benzene rings is 2. The van der Waals surface area contributed by atoms with Gasteiger partial charge in [-0.15, -0.1) is 0 Å². The number of rotatable bonds is 8. The Labute approximate surface area is 151 Å². The van der Waals surface area contributed by atoms with E-state index in [1.54, 1.807) is 6.08 Å². The number of ketones is 1. The summed E-state index contributed by atoms with van der Waals surface area (Å²) in [5, 5.41) is 3.54. The smallest absolute Gasteiger partial charge is 0.156 e. The van der Waals surface area contributed by atoms with E-state index in [0.29, 0.717) is 6.42 Å². The van der Waals surface area contributed by atoms with Gasteiger partial charge in [-0.25, -0.2) is 0 Å². The Morgan fingerprint density at radius 3 is 2.28 bits per heavy atom. The van der Waals surface area contributed by atoms with Crippen LogP contribution in [-0.4, -0.2) is 18.9 Å². The van der Waals surface area contributed by atoms with Gasteiger partial charge in [0.05, 0.1) is 0 Å². The molecule has 0 radical (unpaired) electrons. The van der Waals surface area contributed by atoms with Crippen LogP contribution in [0.2, 0.25) is 0 Å². The van der Waals surface area contributed by atoms with Crippen LogP contribution in [0.25, 0.3) is 6.08 Å². The molecule has 2 heteroatoms. The van der Waals surface area contributed by atoms with Crippen molar-refractivity contribution < 1.29 is 4.79 Å². The van der Waals surface area contributed by atoms with E-state index in [2.05, 4.69) is 35.6 Å². The first-order valence-electron chi connectivity index (χ1n) is 9.31. The average molecular weight is 333 g/mol. The number of allylic oxidation sites excluding steroid dienone is 1. The van der Waals surface area contributed by atoms with E-state index in [-0.39, 0.29) is 11.2 Å². The van der Waals surface area contributed by atoms with Crippen molar-refractivity contribution in [2.75, 3.05) is 13.1 Å². The molecule has 25 heavy (non-hydrogen) atoms. The molecule has 0 heterocycles. The molecule has 1 saturated carbocycles. The lowest BCUT2D eigenvalue weighted by Crippen LogP contribution is -2.36. The molecular weight excluding hydrogens is 306 g/mol. The van der Waals surface area contributed by atoms with Crippen LogP contribution in [-0.2, 0) is 10.2 Å². The molecule has 0 aromatic heterocycles. The quantitative estimate of drug-likeness (QED) is 0.557. The summed E-state index contributed by atoms with van der Waals surface area (Å²) in [6.45, 7) is 1.71. The number of carbonyl (C=O) groups is 1. The Bertz CT molecular complexity index is 685. The minimum atomic E-state index is 0.177. The van der Waals surface area contributed by atoms with Crippen molar-refractivity contribution in [1.29, 1.82) is 0 Å². The number of hydrogen-bond donors (Lipinski definition) is 1. The van der Waals surface area contributed by atoms with Crippen molar-refractivity contribution in [2.45, 2.75) is 37.5 Å². The van der Waals surface area contributed by atoms with Crippen molar-refractivity contribution in [3.05, 3.63) is 77.9 Å². The minimum absolute atomic E-state index is 0.177. The third-order valence-electron chi connectivity index (χ3n) is 5.22. The highest BCUT2D eigenvalue weighted by atomic mass is 16.1. The molecule has 2 aromatic rings. The van der Waals surface area contributed by atoms with Gasteiger partial charge in [0.2, 0.25) is 0 Å². The summed E-state index contributed by atoms with van der Waals surface area (Å²) in [4.78, 5) is 12.0. The largest absolute Gasteiger partial charge is 0.315 e. The highest BCUT2D eigenvalue weighted by molar-refractivity contribution is 5.93. The average Bonchev–Trinajstić information content (AvgIpc) is 3.15. The van der Waals surface area contributed by atoms with E-state index < -0.39 is 0 Å². The molecule has 2 aromatic carbocycles. The van der Waals surface area contributed by atoms with Crippen LogP contribution in [0.1, 0.15) is 43.2 Å². The molecule has 0 unspecified atom stereocenters. The maximum Gasteiger partial charge on any atom is 0.156 e. The lowest BCUT2D eigenvalue weighted by molar-refractivity contribution is -0.114.